The number of hydrogen-bond donors (Lipinski definition) is 1. The smallest absolute Gasteiger partial charge is 0.254 e. The van der Waals surface area contributed by atoms with E-state index in [0.717, 1.165) is 0 Å². The summed E-state index contributed by atoms with van der Waals surface area (Å²) in [5.74, 6) is -3.56. The number of carbonyl (C=O) groups is 1. The standard InChI is InChI=1S/C11H17F2NO/c1-5(2)10(15)9(14)6-3-7-8(4-6)11(7,12)13/h5-9H,3-4,14H2,1-2H3. The molecule has 0 bridgehead atoms. The Kier molecular flexibility index (Phi) is 2.37. The van der Waals surface area contributed by atoms with Crippen molar-refractivity contribution in [3.05, 3.63) is 0 Å². The molecule has 2 aliphatic rings. The zero-order valence-electron chi connectivity index (χ0n) is 9.04. The molecular weight excluding hydrogens is 200 g/mol. The van der Waals surface area contributed by atoms with Crippen LogP contribution >= 0.6 is 0 Å². The molecule has 2 aliphatic carbocycles. The van der Waals surface area contributed by atoms with Gasteiger partial charge in [-0.05, 0) is 18.8 Å². The number of halogens is 2. The van der Waals surface area contributed by atoms with Gasteiger partial charge in [0.15, 0.2) is 5.78 Å². The van der Waals surface area contributed by atoms with E-state index in [1.807, 2.05) is 0 Å². The van der Waals surface area contributed by atoms with Gasteiger partial charge >= 0.3 is 0 Å². The SMILES string of the molecule is CC(C)C(=O)C(N)C1CC2C(C1)C2(F)F. The van der Waals surface area contributed by atoms with Gasteiger partial charge in [-0.3, -0.25) is 4.79 Å². The molecule has 2 N–H and O–H groups in total. The molecule has 0 amide bonds. The average Bonchev–Trinajstić information content (AvgIpc) is 2.55. The molecule has 0 aromatic carbocycles. The monoisotopic (exact) mass is 217 g/mol. The van der Waals surface area contributed by atoms with E-state index in [-0.39, 0.29) is 17.6 Å². The molecule has 3 unspecified atom stereocenters. The second-order valence-electron chi connectivity index (χ2n) is 5.20. The van der Waals surface area contributed by atoms with Crippen molar-refractivity contribution in [3.8, 4) is 0 Å². The van der Waals surface area contributed by atoms with Crippen LogP contribution in [0.25, 0.3) is 0 Å². The molecule has 2 saturated carbocycles. The van der Waals surface area contributed by atoms with Crippen molar-refractivity contribution in [2.45, 2.75) is 38.7 Å². The van der Waals surface area contributed by atoms with Crippen molar-refractivity contribution in [3.63, 3.8) is 0 Å². The highest BCUT2D eigenvalue weighted by Crippen LogP contribution is 2.66. The summed E-state index contributed by atoms with van der Waals surface area (Å²) in [6.45, 7) is 3.60. The van der Waals surface area contributed by atoms with E-state index < -0.39 is 23.8 Å². The lowest BCUT2D eigenvalue weighted by molar-refractivity contribution is -0.124. The van der Waals surface area contributed by atoms with E-state index in [9.17, 15) is 13.6 Å². The summed E-state index contributed by atoms with van der Waals surface area (Å²) in [5, 5.41) is 0. The van der Waals surface area contributed by atoms with Crippen molar-refractivity contribution in [2.75, 3.05) is 0 Å². The number of fused-ring (bicyclic) bond motifs is 1. The molecule has 0 aromatic rings. The van der Waals surface area contributed by atoms with Gasteiger partial charge in [-0.2, -0.15) is 0 Å². The van der Waals surface area contributed by atoms with Crippen LogP contribution in [0.2, 0.25) is 0 Å². The van der Waals surface area contributed by atoms with E-state index in [0.29, 0.717) is 12.8 Å². The van der Waals surface area contributed by atoms with Crippen molar-refractivity contribution in [2.24, 2.45) is 29.4 Å². The second-order valence-corrected chi connectivity index (χ2v) is 5.20. The van der Waals surface area contributed by atoms with Crippen molar-refractivity contribution in [1.82, 2.24) is 0 Å². The highest BCUT2D eigenvalue weighted by Gasteiger charge is 2.71. The van der Waals surface area contributed by atoms with Gasteiger partial charge in [0.2, 0.25) is 0 Å². The third kappa shape index (κ3) is 1.59. The molecule has 4 heteroatoms. The zero-order chi connectivity index (χ0) is 11.4. The summed E-state index contributed by atoms with van der Waals surface area (Å²) in [5.41, 5.74) is 5.80. The Balaban J connectivity index is 1.92. The Morgan fingerprint density at radius 2 is 1.80 bits per heavy atom. The Labute approximate surface area is 88.2 Å². The molecule has 0 saturated heterocycles. The molecule has 2 fully saturated rings. The first kappa shape index (κ1) is 11.0. The first-order valence-electron chi connectivity index (χ1n) is 5.52. The first-order valence-corrected chi connectivity index (χ1v) is 5.52. The van der Waals surface area contributed by atoms with Crippen LogP contribution in [-0.4, -0.2) is 17.7 Å². The summed E-state index contributed by atoms with van der Waals surface area (Å²) in [4.78, 5) is 11.6. The maximum Gasteiger partial charge on any atom is 0.254 e. The number of hydrogen-bond acceptors (Lipinski definition) is 2. The Bertz CT molecular complexity index is 276. The van der Waals surface area contributed by atoms with Crippen LogP contribution in [0.5, 0.6) is 0 Å². The molecule has 0 spiro atoms. The predicted molar refractivity (Wildman–Crippen MR) is 52.5 cm³/mol. The van der Waals surface area contributed by atoms with E-state index in [1.54, 1.807) is 13.8 Å². The van der Waals surface area contributed by atoms with Gasteiger partial charge in [-0.15, -0.1) is 0 Å². The Morgan fingerprint density at radius 1 is 1.33 bits per heavy atom. The van der Waals surface area contributed by atoms with Gasteiger partial charge in [-0.25, -0.2) is 8.78 Å². The molecule has 0 aliphatic heterocycles. The van der Waals surface area contributed by atoms with Gasteiger partial charge in [-0.1, -0.05) is 13.8 Å². The van der Waals surface area contributed by atoms with E-state index in [1.165, 1.54) is 0 Å². The molecule has 0 radical (unpaired) electrons. The Morgan fingerprint density at radius 3 is 2.20 bits per heavy atom. The molecule has 86 valence electrons. The van der Waals surface area contributed by atoms with E-state index in [4.69, 9.17) is 5.73 Å². The highest BCUT2D eigenvalue weighted by molar-refractivity contribution is 5.85. The fourth-order valence-electron chi connectivity index (χ4n) is 2.76. The lowest BCUT2D eigenvalue weighted by Gasteiger charge is -2.22. The third-order valence-electron chi connectivity index (χ3n) is 3.88. The normalized spacial score (nSPS) is 38.9. The van der Waals surface area contributed by atoms with Crippen LogP contribution in [0.1, 0.15) is 26.7 Å². The van der Waals surface area contributed by atoms with Crippen LogP contribution in [0.4, 0.5) is 8.78 Å². The third-order valence-corrected chi connectivity index (χ3v) is 3.88. The lowest BCUT2D eigenvalue weighted by atomic mass is 9.88. The van der Waals surface area contributed by atoms with Crippen LogP contribution in [0.15, 0.2) is 0 Å². The fourth-order valence-corrected chi connectivity index (χ4v) is 2.76. The number of alkyl halides is 2. The summed E-state index contributed by atoms with van der Waals surface area (Å²) < 4.78 is 25.8. The lowest BCUT2D eigenvalue weighted by Crippen LogP contribution is -2.40. The highest BCUT2D eigenvalue weighted by atomic mass is 19.3. The van der Waals surface area contributed by atoms with Gasteiger partial charge in [0.25, 0.3) is 5.92 Å². The number of Topliss-reactive ketones (excluding diaryl/α,β-unsaturated/α-hetero) is 1. The fraction of sp³-hybridized carbons (Fsp3) is 0.909. The van der Waals surface area contributed by atoms with E-state index in [2.05, 4.69) is 0 Å². The van der Waals surface area contributed by atoms with Crippen LogP contribution < -0.4 is 5.73 Å². The van der Waals surface area contributed by atoms with Crippen LogP contribution in [-0.2, 0) is 4.79 Å². The van der Waals surface area contributed by atoms with Gasteiger partial charge < -0.3 is 5.73 Å². The summed E-state index contributed by atoms with van der Waals surface area (Å²) in [7, 11) is 0. The minimum absolute atomic E-state index is 0.00427. The van der Waals surface area contributed by atoms with Crippen LogP contribution in [0.3, 0.4) is 0 Å². The quantitative estimate of drug-likeness (QED) is 0.783. The number of nitrogens with two attached hydrogens (primary N) is 1. The molecule has 2 nitrogen and oxygen atoms in total. The minimum atomic E-state index is -2.46. The predicted octanol–water partition coefficient (Wildman–Crippen LogP) is 1.83. The van der Waals surface area contributed by atoms with Crippen LogP contribution in [0, 0.1) is 23.7 Å². The average molecular weight is 217 g/mol. The van der Waals surface area contributed by atoms with Crippen molar-refractivity contribution in [1.29, 1.82) is 0 Å². The van der Waals surface area contributed by atoms with Gasteiger partial charge in [0.05, 0.1) is 6.04 Å². The van der Waals surface area contributed by atoms with Crippen molar-refractivity contribution < 1.29 is 13.6 Å². The molecule has 0 heterocycles. The maximum atomic E-state index is 12.9. The number of ketones is 1. The Hall–Kier alpha value is -0.510. The molecule has 2 rings (SSSR count). The summed E-state index contributed by atoms with van der Waals surface area (Å²) >= 11 is 0. The molecule has 15 heavy (non-hydrogen) atoms. The first-order chi connectivity index (χ1) is 6.85. The molecular formula is C11H17F2NO. The minimum Gasteiger partial charge on any atom is -0.321 e. The number of rotatable bonds is 3. The molecule has 0 aromatic heterocycles. The largest absolute Gasteiger partial charge is 0.321 e. The van der Waals surface area contributed by atoms with Gasteiger partial charge in [0, 0.05) is 17.8 Å². The molecule has 3 atom stereocenters. The second kappa shape index (κ2) is 3.24. The summed E-state index contributed by atoms with van der Waals surface area (Å²) in [6.07, 6.45) is 0.856. The zero-order valence-corrected chi connectivity index (χ0v) is 9.04. The maximum absolute atomic E-state index is 12.9. The van der Waals surface area contributed by atoms with Gasteiger partial charge in [0.1, 0.15) is 0 Å². The number of carbonyl (C=O) groups excluding carboxylic acids is 1. The van der Waals surface area contributed by atoms with E-state index >= 15 is 0 Å². The topological polar surface area (TPSA) is 43.1 Å². The summed E-state index contributed by atoms with van der Waals surface area (Å²) in [6, 6.07) is -0.534. The van der Waals surface area contributed by atoms with Crippen molar-refractivity contribution >= 4 is 5.78 Å².